The van der Waals surface area contributed by atoms with Gasteiger partial charge in [-0.05, 0) is 37.3 Å². The SMILES string of the molecule is CC(C)C[C@H](NC(=O)[C@@H]1CCCN1)C(=O)N[C@@H](CO)[C@@H](O)[C@@H](O)[C@H](O)C(=O)N[C@@H](CC(=O)O)c1ccccc1. The third kappa shape index (κ3) is 9.86. The summed E-state index contributed by atoms with van der Waals surface area (Å²) in [6, 6.07) is 4.20. The first-order valence-electron chi connectivity index (χ1n) is 13.0. The summed E-state index contributed by atoms with van der Waals surface area (Å²) in [6.45, 7) is 3.54. The quantitative estimate of drug-likeness (QED) is 0.118. The van der Waals surface area contributed by atoms with E-state index in [1.54, 1.807) is 30.3 Å². The normalized spacial score (nSPS) is 19.8. The Morgan fingerprint density at radius 3 is 2.18 bits per heavy atom. The Morgan fingerprint density at radius 2 is 1.64 bits per heavy atom. The van der Waals surface area contributed by atoms with Crippen LogP contribution < -0.4 is 21.3 Å². The van der Waals surface area contributed by atoms with Crippen LogP contribution in [-0.2, 0) is 19.2 Å². The summed E-state index contributed by atoms with van der Waals surface area (Å²) in [7, 11) is 0. The Bertz CT molecular complexity index is 956. The van der Waals surface area contributed by atoms with E-state index in [1.807, 2.05) is 13.8 Å². The molecule has 0 radical (unpaired) electrons. The highest BCUT2D eigenvalue weighted by Crippen LogP contribution is 2.18. The van der Waals surface area contributed by atoms with Crippen molar-refractivity contribution in [3.8, 4) is 0 Å². The molecule has 7 atom stereocenters. The molecule has 13 nitrogen and oxygen atoms in total. The van der Waals surface area contributed by atoms with E-state index in [2.05, 4.69) is 21.3 Å². The van der Waals surface area contributed by atoms with Crippen molar-refractivity contribution < 1.29 is 44.7 Å². The predicted octanol–water partition coefficient (Wildman–Crippen LogP) is -1.84. The monoisotopic (exact) mass is 552 g/mol. The van der Waals surface area contributed by atoms with Crippen LogP contribution in [0.15, 0.2) is 30.3 Å². The summed E-state index contributed by atoms with van der Waals surface area (Å²) in [5.74, 6) is -3.43. The Hall–Kier alpha value is -3.10. The number of amides is 3. The molecule has 1 aliphatic heterocycles. The third-order valence-corrected chi connectivity index (χ3v) is 6.49. The maximum absolute atomic E-state index is 13.0. The number of carbonyl (C=O) groups is 4. The zero-order valence-electron chi connectivity index (χ0n) is 22.1. The van der Waals surface area contributed by atoms with E-state index in [0.29, 0.717) is 18.5 Å². The summed E-state index contributed by atoms with van der Waals surface area (Å²) < 4.78 is 0. The number of carboxylic acids is 1. The second kappa shape index (κ2) is 15.5. The number of carbonyl (C=O) groups excluding carboxylic acids is 3. The lowest BCUT2D eigenvalue weighted by molar-refractivity contribution is -0.145. The average molecular weight is 553 g/mol. The number of hydrogen-bond donors (Lipinski definition) is 9. The van der Waals surface area contributed by atoms with Crippen LogP contribution in [0.1, 0.15) is 51.1 Å². The fourth-order valence-corrected chi connectivity index (χ4v) is 4.36. The van der Waals surface area contributed by atoms with Gasteiger partial charge in [0.25, 0.3) is 5.91 Å². The van der Waals surface area contributed by atoms with Gasteiger partial charge in [-0.25, -0.2) is 0 Å². The molecule has 1 aromatic rings. The van der Waals surface area contributed by atoms with E-state index in [4.69, 9.17) is 0 Å². The van der Waals surface area contributed by atoms with Gasteiger partial charge in [-0.3, -0.25) is 19.2 Å². The molecule has 1 heterocycles. The van der Waals surface area contributed by atoms with Gasteiger partial charge in [0.2, 0.25) is 11.8 Å². The molecule has 0 unspecified atom stereocenters. The Labute approximate surface area is 227 Å². The second-order valence-corrected chi connectivity index (χ2v) is 10.1. The highest BCUT2D eigenvalue weighted by molar-refractivity contribution is 5.90. The summed E-state index contributed by atoms with van der Waals surface area (Å²) in [4.78, 5) is 49.4. The largest absolute Gasteiger partial charge is 0.481 e. The Morgan fingerprint density at radius 1 is 0.974 bits per heavy atom. The summed E-state index contributed by atoms with van der Waals surface area (Å²) in [5.41, 5.74) is 0.446. The molecule has 0 bridgehead atoms. The van der Waals surface area contributed by atoms with Crippen LogP contribution >= 0.6 is 0 Å². The predicted molar refractivity (Wildman–Crippen MR) is 139 cm³/mol. The van der Waals surface area contributed by atoms with Gasteiger partial charge in [-0.2, -0.15) is 0 Å². The zero-order chi connectivity index (χ0) is 29.1. The minimum absolute atomic E-state index is 0.00885. The van der Waals surface area contributed by atoms with E-state index >= 15 is 0 Å². The van der Waals surface area contributed by atoms with Gasteiger partial charge in [0.15, 0.2) is 6.10 Å². The van der Waals surface area contributed by atoms with E-state index in [0.717, 1.165) is 6.42 Å². The van der Waals surface area contributed by atoms with Gasteiger partial charge in [-0.1, -0.05) is 44.2 Å². The number of nitrogens with one attached hydrogen (secondary N) is 4. The first-order valence-corrected chi connectivity index (χ1v) is 13.0. The van der Waals surface area contributed by atoms with E-state index < -0.39 is 73.3 Å². The standard InChI is InChI=1S/C26H40N4O9/c1-14(2)11-18(29-24(37)16-9-6-10-27-16)25(38)30-19(13-31)21(34)22(35)23(36)26(39)28-17(12-20(32)33)15-7-4-3-5-8-15/h3-5,7-8,14,16-19,21-23,27,31,34-36H,6,9-13H2,1-2H3,(H,28,39)(H,29,37)(H,30,38)(H,32,33)/t16-,17-,18-,19-,21+,22+,23-/m0/s1. The van der Waals surface area contributed by atoms with Crippen molar-refractivity contribution in [2.45, 2.75) is 82.0 Å². The molecule has 1 fully saturated rings. The molecule has 13 heteroatoms. The van der Waals surface area contributed by atoms with Crippen molar-refractivity contribution in [1.82, 2.24) is 21.3 Å². The number of carboxylic acid groups (broad SMARTS) is 1. The summed E-state index contributed by atoms with van der Waals surface area (Å²) in [5, 5.41) is 60.9. The van der Waals surface area contributed by atoms with Crippen molar-refractivity contribution in [3.63, 3.8) is 0 Å². The maximum Gasteiger partial charge on any atom is 0.305 e. The van der Waals surface area contributed by atoms with Gasteiger partial charge in [0.05, 0.1) is 31.2 Å². The molecule has 218 valence electrons. The fourth-order valence-electron chi connectivity index (χ4n) is 4.36. The highest BCUT2D eigenvalue weighted by Gasteiger charge is 2.38. The zero-order valence-corrected chi connectivity index (χ0v) is 22.1. The lowest BCUT2D eigenvalue weighted by Crippen LogP contribution is -2.60. The molecular formula is C26H40N4O9. The number of hydrogen-bond acceptors (Lipinski definition) is 9. The number of aliphatic hydroxyl groups excluding tert-OH is 4. The van der Waals surface area contributed by atoms with Crippen molar-refractivity contribution in [1.29, 1.82) is 0 Å². The van der Waals surface area contributed by atoms with Crippen LogP contribution in [0.5, 0.6) is 0 Å². The molecule has 2 rings (SSSR count). The first kappa shape index (κ1) is 32.1. The van der Waals surface area contributed by atoms with Crippen molar-refractivity contribution in [2.24, 2.45) is 5.92 Å². The van der Waals surface area contributed by atoms with Crippen LogP contribution in [0, 0.1) is 5.92 Å². The fraction of sp³-hybridized carbons (Fsp3) is 0.615. The second-order valence-electron chi connectivity index (χ2n) is 10.1. The number of aliphatic hydroxyl groups is 4. The summed E-state index contributed by atoms with van der Waals surface area (Å²) >= 11 is 0. The van der Waals surface area contributed by atoms with Crippen molar-refractivity contribution in [3.05, 3.63) is 35.9 Å². The lowest BCUT2D eigenvalue weighted by Gasteiger charge is -2.31. The third-order valence-electron chi connectivity index (χ3n) is 6.49. The molecule has 0 spiro atoms. The van der Waals surface area contributed by atoms with Crippen LogP contribution in [0.3, 0.4) is 0 Å². The van der Waals surface area contributed by atoms with Crippen molar-refractivity contribution in [2.75, 3.05) is 13.2 Å². The maximum atomic E-state index is 13.0. The van der Waals surface area contributed by atoms with Gasteiger partial charge in [0.1, 0.15) is 18.2 Å². The number of rotatable bonds is 15. The Kier molecular flexibility index (Phi) is 12.7. The molecule has 39 heavy (non-hydrogen) atoms. The molecule has 1 aromatic carbocycles. The number of aliphatic carboxylic acids is 1. The molecule has 0 aliphatic carbocycles. The van der Waals surface area contributed by atoms with E-state index in [9.17, 15) is 44.7 Å². The minimum atomic E-state index is -2.22. The van der Waals surface area contributed by atoms with Crippen LogP contribution in [0.4, 0.5) is 0 Å². The smallest absolute Gasteiger partial charge is 0.305 e. The van der Waals surface area contributed by atoms with Gasteiger partial charge >= 0.3 is 5.97 Å². The topological polar surface area (TPSA) is 218 Å². The van der Waals surface area contributed by atoms with Gasteiger partial charge in [-0.15, -0.1) is 0 Å². The molecule has 9 N–H and O–H groups in total. The van der Waals surface area contributed by atoms with E-state index in [-0.39, 0.29) is 18.2 Å². The molecule has 1 aliphatic rings. The van der Waals surface area contributed by atoms with E-state index in [1.165, 1.54) is 0 Å². The minimum Gasteiger partial charge on any atom is -0.481 e. The number of benzene rings is 1. The first-order chi connectivity index (χ1) is 18.4. The molecule has 0 saturated carbocycles. The van der Waals surface area contributed by atoms with Crippen LogP contribution in [0.25, 0.3) is 0 Å². The van der Waals surface area contributed by atoms with Crippen LogP contribution in [0.2, 0.25) is 0 Å². The highest BCUT2D eigenvalue weighted by atomic mass is 16.4. The van der Waals surface area contributed by atoms with Crippen molar-refractivity contribution >= 4 is 23.7 Å². The lowest BCUT2D eigenvalue weighted by atomic mass is 9.98. The summed E-state index contributed by atoms with van der Waals surface area (Å²) in [6.07, 6.45) is -5.14. The molecule has 1 saturated heterocycles. The van der Waals surface area contributed by atoms with Crippen LogP contribution in [-0.4, -0.2) is 98.8 Å². The molecular weight excluding hydrogens is 512 g/mol. The molecule has 0 aromatic heterocycles. The van der Waals surface area contributed by atoms with Gasteiger partial charge < -0.3 is 46.8 Å². The molecule has 3 amide bonds. The Balaban J connectivity index is 2.05. The average Bonchev–Trinajstić information content (AvgIpc) is 3.45. The van der Waals surface area contributed by atoms with Gasteiger partial charge in [0, 0.05) is 0 Å².